The fraction of sp³-hybridized carbons (Fsp3) is 0.467. The molecule has 2 rings (SSSR count). The summed E-state index contributed by atoms with van der Waals surface area (Å²) in [4.78, 5) is 24.6. The Bertz CT molecular complexity index is 520. The van der Waals surface area contributed by atoms with Gasteiger partial charge in [-0.15, -0.1) is 0 Å². The minimum absolute atomic E-state index is 0.0150. The van der Waals surface area contributed by atoms with E-state index in [1.165, 1.54) is 0 Å². The average Bonchev–Trinajstić information content (AvgIpc) is 2.41. The third-order valence-corrected chi connectivity index (χ3v) is 3.51. The number of aryl methyl sites for hydroxylation is 1. The number of ether oxygens (including phenoxy) is 1. The molecule has 1 heterocycles. The van der Waals surface area contributed by atoms with Crippen LogP contribution in [-0.2, 0) is 16.0 Å². The Morgan fingerprint density at radius 1 is 1.35 bits per heavy atom. The highest BCUT2D eigenvalue weighted by molar-refractivity contribution is 5.96. The van der Waals surface area contributed by atoms with Crippen LogP contribution in [0.3, 0.4) is 0 Å². The number of likely N-dealkylation sites (tertiary alicyclic amines) is 1. The molecule has 1 aliphatic rings. The summed E-state index contributed by atoms with van der Waals surface area (Å²) >= 11 is 0. The molecule has 0 aromatic heterocycles. The lowest BCUT2D eigenvalue weighted by Gasteiger charge is -2.47. The molecule has 1 amide bonds. The monoisotopic (exact) mass is 277 g/mol. The van der Waals surface area contributed by atoms with Crippen LogP contribution in [0, 0.1) is 0 Å². The number of carboxylic acid groups (broad SMARTS) is 1. The lowest BCUT2D eigenvalue weighted by molar-refractivity contribution is -0.159. The number of aliphatic carboxylic acids is 1. The van der Waals surface area contributed by atoms with Crippen LogP contribution in [0.15, 0.2) is 24.3 Å². The SMILES string of the molecule is CCc1ccccc1C(=O)N1CC(C)(OCC(=O)O)C1. The molecule has 1 aliphatic heterocycles. The topological polar surface area (TPSA) is 66.8 Å². The van der Waals surface area contributed by atoms with E-state index in [9.17, 15) is 9.59 Å². The maximum atomic E-state index is 12.4. The molecule has 1 fully saturated rings. The zero-order valence-corrected chi connectivity index (χ0v) is 11.8. The van der Waals surface area contributed by atoms with Crippen molar-refractivity contribution in [1.29, 1.82) is 0 Å². The molecule has 0 radical (unpaired) electrons. The summed E-state index contributed by atoms with van der Waals surface area (Å²) in [6, 6.07) is 7.56. The Labute approximate surface area is 118 Å². The Kier molecular flexibility index (Phi) is 4.09. The van der Waals surface area contributed by atoms with E-state index in [1.54, 1.807) is 4.90 Å². The Morgan fingerprint density at radius 2 is 2.00 bits per heavy atom. The highest BCUT2D eigenvalue weighted by Gasteiger charge is 2.43. The first-order valence-corrected chi connectivity index (χ1v) is 6.68. The second-order valence-electron chi connectivity index (χ2n) is 5.30. The molecule has 0 aliphatic carbocycles. The van der Waals surface area contributed by atoms with E-state index in [0.717, 1.165) is 17.5 Å². The summed E-state index contributed by atoms with van der Waals surface area (Å²) in [5, 5.41) is 8.61. The number of benzene rings is 1. The van der Waals surface area contributed by atoms with Crippen LogP contribution in [0.4, 0.5) is 0 Å². The smallest absolute Gasteiger partial charge is 0.329 e. The van der Waals surface area contributed by atoms with E-state index in [2.05, 4.69) is 0 Å². The lowest BCUT2D eigenvalue weighted by atomic mass is 9.94. The maximum Gasteiger partial charge on any atom is 0.329 e. The van der Waals surface area contributed by atoms with Crippen molar-refractivity contribution in [1.82, 2.24) is 4.90 Å². The molecule has 1 N–H and O–H groups in total. The van der Waals surface area contributed by atoms with Gasteiger partial charge in [-0.05, 0) is 25.0 Å². The van der Waals surface area contributed by atoms with Crippen molar-refractivity contribution < 1.29 is 19.4 Å². The molecule has 108 valence electrons. The predicted molar refractivity (Wildman–Crippen MR) is 73.7 cm³/mol. The normalized spacial score (nSPS) is 16.6. The zero-order chi connectivity index (χ0) is 14.8. The maximum absolute atomic E-state index is 12.4. The molecule has 0 bridgehead atoms. The van der Waals surface area contributed by atoms with Crippen LogP contribution in [0.2, 0.25) is 0 Å². The van der Waals surface area contributed by atoms with Crippen molar-refractivity contribution in [3.63, 3.8) is 0 Å². The first kappa shape index (κ1) is 14.5. The van der Waals surface area contributed by atoms with Crippen molar-refractivity contribution >= 4 is 11.9 Å². The van der Waals surface area contributed by atoms with Crippen LogP contribution in [0.5, 0.6) is 0 Å². The van der Waals surface area contributed by atoms with Crippen LogP contribution in [-0.4, -0.2) is 47.2 Å². The van der Waals surface area contributed by atoms with E-state index in [4.69, 9.17) is 9.84 Å². The molecule has 0 unspecified atom stereocenters. The number of carbonyl (C=O) groups excluding carboxylic acids is 1. The summed E-state index contributed by atoms with van der Waals surface area (Å²) < 4.78 is 5.31. The van der Waals surface area contributed by atoms with E-state index in [0.29, 0.717) is 13.1 Å². The molecule has 20 heavy (non-hydrogen) atoms. The summed E-state index contributed by atoms with van der Waals surface area (Å²) in [7, 11) is 0. The Hall–Kier alpha value is -1.88. The number of carbonyl (C=O) groups is 2. The number of carboxylic acids is 1. The molecular formula is C15H19NO4. The van der Waals surface area contributed by atoms with E-state index >= 15 is 0 Å². The fourth-order valence-corrected chi connectivity index (χ4v) is 2.44. The number of hydrogen-bond donors (Lipinski definition) is 1. The first-order valence-electron chi connectivity index (χ1n) is 6.68. The van der Waals surface area contributed by atoms with Gasteiger partial charge in [-0.1, -0.05) is 25.1 Å². The van der Waals surface area contributed by atoms with Gasteiger partial charge < -0.3 is 14.7 Å². The fourth-order valence-electron chi connectivity index (χ4n) is 2.44. The van der Waals surface area contributed by atoms with Gasteiger partial charge in [-0.2, -0.15) is 0 Å². The molecule has 0 atom stereocenters. The predicted octanol–water partition coefficient (Wildman–Crippen LogP) is 1.56. The molecule has 1 aromatic carbocycles. The lowest BCUT2D eigenvalue weighted by Crippen LogP contribution is -2.63. The Morgan fingerprint density at radius 3 is 2.60 bits per heavy atom. The van der Waals surface area contributed by atoms with Gasteiger partial charge in [0.1, 0.15) is 12.2 Å². The number of amides is 1. The molecular weight excluding hydrogens is 258 g/mol. The van der Waals surface area contributed by atoms with E-state index < -0.39 is 11.6 Å². The van der Waals surface area contributed by atoms with Crippen molar-refractivity contribution in [3.05, 3.63) is 35.4 Å². The summed E-state index contributed by atoms with van der Waals surface area (Å²) in [5.74, 6) is -1.01. The molecule has 0 spiro atoms. The highest BCUT2D eigenvalue weighted by Crippen LogP contribution is 2.27. The van der Waals surface area contributed by atoms with E-state index in [1.807, 2.05) is 38.1 Å². The minimum Gasteiger partial charge on any atom is -0.480 e. The number of rotatable bonds is 5. The largest absolute Gasteiger partial charge is 0.480 e. The van der Waals surface area contributed by atoms with E-state index in [-0.39, 0.29) is 12.5 Å². The van der Waals surface area contributed by atoms with Crippen molar-refractivity contribution in [2.45, 2.75) is 25.9 Å². The molecule has 5 heteroatoms. The van der Waals surface area contributed by atoms with Gasteiger partial charge in [0.15, 0.2) is 0 Å². The van der Waals surface area contributed by atoms with Crippen molar-refractivity contribution in [2.75, 3.05) is 19.7 Å². The van der Waals surface area contributed by atoms with Gasteiger partial charge in [-0.25, -0.2) is 4.79 Å². The van der Waals surface area contributed by atoms with Gasteiger partial charge in [0, 0.05) is 5.56 Å². The standard InChI is InChI=1S/C15H19NO4/c1-3-11-6-4-5-7-12(11)14(19)16-9-15(2,10-16)20-8-13(17)18/h4-7H,3,8-10H2,1-2H3,(H,17,18). The third-order valence-electron chi connectivity index (χ3n) is 3.51. The molecule has 1 aromatic rings. The molecule has 1 saturated heterocycles. The molecule has 5 nitrogen and oxygen atoms in total. The molecule has 0 saturated carbocycles. The van der Waals surface area contributed by atoms with Gasteiger partial charge in [0.25, 0.3) is 5.91 Å². The van der Waals surface area contributed by atoms with Gasteiger partial charge in [0.05, 0.1) is 13.1 Å². The van der Waals surface area contributed by atoms with Crippen LogP contribution in [0.25, 0.3) is 0 Å². The summed E-state index contributed by atoms with van der Waals surface area (Å²) in [6.45, 7) is 4.37. The van der Waals surface area contributed by atoms with Crippen LogP contribution < -0.4 is 0 Å². The third kappa shape index (κ3) is 2.99. The number of nitrogens with zero attached hydrogens (tertiary/aromatic N) is 1. The number of hydrogen-bond acceptors (Lipinski definition) is 3. The van der Waals surface area contributed by atoms with Crippen LogP contribution in [0.1, 0.15) is 29.8 Å². The zero-order valence-electron chi connectivity index (χ0n) is 11.8. The van der Waals surface area contributed by atoms with Crippen molar-refractivity contribution in [2.24, 2.45) is 0 Å². The van der Waals surface area contributed by atoms with Gasteiger partial charge in [-0.3, -0.25) is 4.79 Å². The highest BCUT2D eigenvalue weighted by atomic mass is 16.5. The van der Waals surface area contributed by atoms with Gasteiger partial charge in [0.2, 0.25) is 0 Å². The van der Waals surface area contributed by atoms with Gasteiger partial charge >= 0.3 is 5.97 Å². The quantitative estimate of drug-likeness (QED) is 0.887. The Balaban J connectivity index is 1.98. The second-order valence-corrected chi connectivity index (χ2v) is 5.30. The summed E-state index contributed by atoms with van der Waals surface area (Å²) in [5.41, 5.74) is 1.20. The average molecular weight is 277 g/mol. The first-order chi connectivity index (χ1) is 9.45. The summed E-state index contributed by atoms with van der Waals surface area (Å²) in [6.07, 6.45) is 0.808. The minimum atomic E-state index is -0.993. The second kappa shape index (κ2) is 5.63. The van der Waals surface area contributed by atoms with Crippen LogP contribution >= 0.6 is 0 Å². The van der Waals surface area contributed by atoms with Crippen molar-refractivity contribution in [3.8, 4) is 0 Å².